The van der Waals surface area contributed by atoms with E-state index in [1.807, 2.05) is 19.2 Å². The van der Waals surface area contributed by atoms with E-state index in [0.29, 0.717) is 0 Å². The molecule has 0 unspecified atom stereocenters. The number of hydrogen-bond donors (Lipinski definition) is 0. The highest BCUT2D eigenvalue weighted by atomic mass is 16.1. The lowest BCUT2D eigenvalue weighted by atomic mass is 10.0. The summed E-state index contributed by atoms with van der Waals surface area (Å²) in [7, 11) is 2.03. The number of para-hydroxylation sites is 1. The van der Waals surface area contributed by atoms with Gasteiger partial charge in [0.25, 0.3) is 0 Å². The molecule has 0 spiro atoms. The molecular formula is C11H12N2O. The lowest BCUT2D eigenvalue weighted by Gasteiger charge is -2.28. The van der Waals surface area contributed by atoms with Gasteiger partial charge in [0.1, 0.15) is 0 Å². The summed E-state index contributed by atoms with van der Waals surface area (Å²) in [5.41, 5.74) is 3.09. The number of rotatable bonds is 1. The number of benzene rings is 1. The van der Waals surface area contributed by atoms with Crippen LogP contribution in [0.4, 0.5) is 11.4 Å². The normalized spacial score (nSPS) is 14.5. The van der Waals surface area contributed by atoms with E-state index in [1.54, 1.807) is 6.08 Å². The molecule has 3 nitrogen and oxygen atoms in total. The Bertz CT molecular complexity index is 394. The number of aryl methyl sites for hydroxylation is 1. The predicted molar refractivity (Wildman–Crippen MR) is 55.8 cm³/mol. The van der Waals surface area contributed by atoms with Crippen molar-refractivity contribution in [2.24, 2.45) is 4.99 Å². The van der Waals surface area contributed by atoms with Gasteiger partial charge in [0.15, 0.2) is 0 Å². The fourth-order valence-corrected chi connectivity index (χ4v) is 1.98. The first kappa shape index (κ1) is 8.97. The Labute approximate surface area is 83.1 Å². The summed E-state index contributed by atoms with van der Waals surface area (Å²) in [6.45, 7) is 1.03. The molecule has 1 heterocycles. The zero-order valence-electron chi connectivity index (χ0n) is 8.16. The number of fused-ring (bicyclic) bond motifs is 1. The number of isocyanates is 1. The average molecular weight is 188 g/mol. The van der Waals surface area contributed by atoms with E-state index in [0.717, 1.165) is 30.8 Å². The Balaban J connectivity index is 2.57. The van der Waals surface area contributed by atoms with Crippen molar-refractivity contribution in [3.8, 4) is 0 Å². The van der Waals surface area contributed by atoms with Crippen LogP contribution in [0.25, 0.3) is 0 Å². The van der Waals surface area contributed by atoms with Crippen molar-refractivity contribution >= 4 is 17.5 Å². The first-order valence-corrected chi connectivity index (χ1v) is 4.74. The second-order valence-corrected chi connectivity index (χ2v) is 3.51. The molecule has 0 radical (unpaired) electrons. The van der Waals surface area contributed by atoms with Crippen molar-refractivity contribution in [3.63, 3.8) is 0 Å². The maximum absolute atomic E-state index is 10.3. The molecule has 1 aliphatic rings. The number of hydrogen-bond acceptors (Lipinski definition) is 3. The van der Waals surface area contributed by atoms with Crippen LogP contribution in [0.2, 0.25) is 0 Å². The molecule has 0 N–H and O–H groups in total. The second kappa shape index (κ2) is 3.64. The van der Waals surface area contributed by atoms with E-state index in [2.05, 4.69) is 16.0 Å². The highest BCUT2D eigenvalue weighted by molar-refractivity contribution is 5.73. The Morgan fingerprint density at radius 2 is 2.36 bits per heavy atom. The number of nitrogens with zero attached hydrogens (tertiary/aromatic N) is 2. The van der Waals surface area contributed by atoms with Crippen molar-refractivity contribution in [1.29, 1.82) is 0 Å². The molecule has 1 aromatic carbocycles. The fourth-order valence-electron chi connectivity index (χ4n) is 1.98. The summed E-state index contributed by atoms with van der Waals surface area (Å²) in [4.78, 5) is 16.1. The molecule has 1 aliphatic heterocycles. The summed E-state index contributed by atoms with van der Waals surface area (Å²) >= 11 is 0. The maximum Gasteiger partial charge on any atom is 0.240 e. The van der Waals surface area contributed by atoms with Crippen LogP contribution < -0.4 is 4.90 Å². The van der Waals surface area contributed by atoms with Gasteiger partial charge in [0, 0.05) is 13.6 Å². The summed E-state index contributed by atoms with van der Waals surface area (Å²) in [6, 6.07) is 5.88. The van der Waals surface area contributed by atoms with Crippen LogP contribution in [0.1, 0.15) is 12.0 Å². The van der Waals surface area contributed by atoms with Crippen molar-refractivity contribution in [3.05, 3.63) is 23.8 Å². The van der Waals surface area contributed by atoms with Crippen LogP contribution in [0.5, 0.6) is 0 Å². The van der Waals surface area contributed by atoms with Gasteiger partial charge >= 0.3 is 0 Å². The summed E-state index contributed by atoms with van der Waals surface area (Å²) < 4.78 is 0. The third-order valence-electron chi connectivity index (χ3n) is 2.59. The van der Waals surface area contributed by atoms with Gasteiger partial charge in [0.2, 0.25) is 6.08 Å². The standard InChI is InChI=1S/C11H12N2O/c1-13-7-3-5-9-4-2-6-10(11(9)13)12-8-14/h2,4,6H,3,5,7H2,1H3. The molecule has 72 valence electrons. The SMILES string of the molecule is CN1CCCc2cccc(N=C=O)c21. The fraction of sp³-hybridized carbons (Fsp3) is 0.364. The minimum atomic E-state index is 0.736. The quantitative estimate of drug-likeness (QED) is 0.499. The molecule has 0 fully saturated rings. The third-order valence-corrected chi connectivity index (χ3v) is 2.59. The molecule has 1 aromatic rings. The first-order valence-electron chi connectivity index (χ1n) is 4.74. The average Bonchev–Trinajstić information content (AvgIpc) is 2.19. The van der Waals surface area contributed by atoms with Gasteiger partial charge in [-0.3, -0.25) is 0 Å². The van der Waals surface area contributed by atoms with E-state index in [1.165, 1.54) is 5.56 Å². The van der Waals surface area contributed by atoms with E-state index in [-0.39, 0.29) is 0 Å². The topological polar surface area (TPSA) is 32.7 Å². The Hall–Kier alpha value is -1.60. The molecule has 0 saturated heterocycles. The highest BCUT2D eigenvalue weighted by Gasteiger charge is 2.16. The summed E-state index contributed by atoms with van der Waals surface area (Å²) in [5.74, 6) is 0. The van der Waals surface area contributed by atoms with Gasteiger partial charge in [-0.2, -0.15) is 4.99 Å². The monoisotopic (exact) mass is 188 g/mol. The Morgan fingerprint density at radius 1 is 1.50 bits per heavy atom. The van der Waals surface area contributed by atoms with Crippen molar-refractivity contribution in [2.75, 3.05) is 18.5 Å². The molecule has 2 rings (SSSR count). The third kappa shape index (κ3) is 1.42. The van der Waals surface area contributed by atoms with E-state index in [9.17, 15) is 4.79 Å². The van der Waals surface area contributed by atoms with Crippen LogP contribution in [0, 0.1) is 0 Å². The van der Waals surface area contributed by atoms with Crippen molar-refractivity contribution in [1.82, 2.24) is 0 Å². The van der Waals surface area contributed by atoms with Gasteiger partial charge in [0.05, 0.1) is 11.4 Å². The van der Waals surface area contributed by atoms with Crippen LogP contribution >= 0.6 is 0 Å². The van der Waals surface area contributed by atoms with Crippen molar-refractivity contribution < 1.29 is 4.79 Å². The molecule has 0 saturated carbocycles. The van der Waals surface area contributed by atoms with Gasteiger partial charge in [-0.05, 0) is 24.5 Å². The molecule has 0 atom stereocenters. The molecular weight excluding hydrogens is 176 g/mol. The molecule has 0 aromatic heterocycles. The van der Waals surface area contributed by atoms with Crippen LogP contribution in [0.3, 0.4) is 0 Å². The van der Waals surface area contributed by atoms with Gasteiger partial charge in [-0.15, -0.1) is 0 Å². The molecule has 3 heteroatoms. The number of carbonyl (C=O) groups excluding carboxylic acids is 1. The maximum atomic E-state index is 10.3. The van der Waals surface area contributed by atoms with Crippen molar-refractivity contribution in [2.45, 2.75) is 12.8 Å². The van der Waals surface area contributed by atoms with E-state index in [4.69, 9.17) is 0 Å². The Kier molecular flexibility index (Phi) is 2.33. The highest BCUT2D eigenvalue weighted by Crippen LogP contribution is 2.34. The lowest BCUT2D eigenvalue weighted by Crippen LogP contribution is -2.24. The van der Waals surface area contributed by atoms with E-state index < -0.39 is 0 Å². The number of aliphatic imine (C=N–C) groups is 1. The Morgan fingerprint density at radius 3 is 3.14 bits per heavy atom. The molecule has 0 aliphatic carbocycles. The zero-order valence-corrected chi connectivity index (χ0v) is 8.16. The lowest BCUT2D eigenvalue weighted by molar-refractivity contribution is 0.565. The van der Waals surface area contributed by atoms with Gasteiger partial charge in [-0.1, -0.05) is 12.1 Å². The minimum Gasteiger partial charge on any atom is -0.373 e. The zero-order chi connectivity index (χ0) is 9.97. The van der Waals surface area contributed by atoms with Crippen LogP contribution in [-0.2, 0) is 11.2 Å². The predicted octanol–water partition coefficient (Wildman–Crippen LogP) is 2.04. The summed E-state index contributed by atoms with van der Waals surface area (Å²) in [6.07, 6.45) is 3.84. The second-order valence-electron chi connectivity index (χ2n) is 3.51. The summed E-state index contributed by atoms with van der Waals surface area (Å²) in [5, 5.41) is 0. The molecule has 0 amide bonds. The smallest absolute Gasteiger partial charge is 0.240 e. The number of anilines is 1. The first-order chi connectivity index (χ1) is 6.83. The van der Waals surface area contributed by atoms with Crippen LogP contribution in [-0.4, -0.2) is 19.7 Å². The molecule has 0 bridgehead atoms. The van der Waals surface area contributed by atoms with Gasteiger partial charge in [-0.25, -0.2) is 4.79 Å². The molecule has 14 heavy (non-hydrogen) atoms. The van der Waals surface area contributed by atoms with E-state index >= 15 is 0 Å². The van der Waals surface area contributed by atoms with Gasteiger partial charge < -0.3 is 4.90 Å². The van der Waals surface area contributed by atoms with Crippen LogP contribution in [0.15, 0.2) is 23.2 Å². The largest absolute Gasteiger partial charge is 0.373 e. The minimum absolute atomic E-state index is 0.736.